The number of amides is 1. The minimum Gasteiger partial charge on any atom is -0.326 e. The van der Waals surface area contributed by atoms with Crippen LogP contribution in [0.15, 0.2) is 53.4 Å². The monoisotopic (exact) mass is 410 g/mol. The van der Waals surface area contributed by atoms with Crippen LogP contribution in [0, 0.1) is 5.82 Å². The molecule has 1 amide bonds. The molecule has 1 heterocycles. The maximum absolute atomic E-state index is 13.2. The van der Waals surface area contributed by atoms with E-state index in [1.165, 1.54) is 22.5 Å². The minimum atomic E-state index is -3.66. The molecule has 1 atom stereocenters. The second-order valence-corrected chi connectivity index (χ2v) is 8.76. The first-order chi connectivity index (χ1) is 12.9. The highest BCUT2D eigenvalue weighted by Gasteiger charge is 2.34. The van der Waals surface area contributed by atoms with Crippen molar-refractivity contribution in [1.82, 2.24) is 4.31 Å². The summed E-state index contributed by atoms with van der Waals surface area (Å²) >= 11 is 5.73. The highest BCUT2D eigenvalue weighted by atomic mass is 35.5. The van der Waals surface area contributed by atoms with Crippen molar-refractivity contribution in [2.24, 2.45) is 0 Å². The van der Waals surface area contributed by atoms with Crippen LogP contribution in [0.3, 0.4) is 0 Å². The lowest BCUT2D eigenvalue weighted by Gasteiger charge is -2.34. The largest absolute Gasteiger partial charge is 0.326 e. The van der Waals surface area contributed by atoms with Crippen molar-refractivity contribution >= 4 is 33.2 Å². The highest BCUT2D eigenvalue weighted by molar-refractivity contribution is 7.89. The number of sulfonamides is 1. The molecule has 144 valence electrons. The summed E-state index contributed by atoms with van der Waals surface area (Å²) in [5.74, 6) is -0.903. The lowest BCUT2D eigenvalue weighted by atomic mass is 10.0. The zero-order valence-corrected chi connectivity index (χ0v) is 16.1. The number of halogens is 2. The van der Waals surface area contributed by atoms with Crippen molar-refractivity contribution in [2.75, 3.05) is 11.9 Å². The molecular formula is C19H20ClFN2O3S. The molecular weight excluding hydrogens is 391 g/mol. The van der Waals surface area contributed by atoms with Crippen LogP contribution in [0.25, 0.3) is 0 Å². The van der Waals surface area contributed by atoms with E-state index in [0.29, 0.717) is 18.7 Å². The van der Waals surface area contributed by atoms with Gasteiger partial charge in [-0.25, -0.2) is 12.8 Å². The van der Waals surface area contributed by atoms with Crippen molar-refractivity contribution < 1.29 is 17.6 Å². The number of nitrogens with zero attached hydrogens (tertiary/aromatic N) is 1. The van der Waals surface area contributed by atoms with E-state index in [2.05, 4.69) is 5.32 Å². The zero-order valence-electron chi connectivity index (χ0n) is 14.6. The Bertz CT molecular complexity index is 922. The quantitative estimate of drug-likeness (QED) is 0.808. The van der Waals surface area contributed by atoms with Crippen LogP contribution in [0.4, 0.5) is 10.1 Å². The Hall–Kier alpha value is -1.96. The molecule has 0 aromatic heterocycles. The first kappa shape index (κ1) is 19.8. The van der Waals surface area contributed by atoms with Crippen molar-refractivity contribution in [1.29, 1.82) is 0 Å². The fourth-order valence-corrected chi connectivity index (χ4v) is 5.12. The summed E-state index contributed by atoms with van der Waals surface area (Å²) < 4.78 is 40.6. The van der Waals surface area contributed by atoms with E-state index in [-0.39, 0.29) is 22.2 Å². The van der Waals surface area contributed by atoms with Crippen LogP contribution in [0.5, 0.6) is 0 Å². The van der Waals surface area contributed by atoms with E-state index in [0.717, 1.165) is 12.8 Å². The van der Waals surface area contributed by atoms with E-state index in [1.807, 2.05) is 0 Å². The third-order valence-electron chi connectivity index (χ3n) is 4.55. The Morgan fingerprint density at radius 3 is 2.63 bits per heavy atom. The number of hydrogen-bond donors (Lipinski definition) is 1. The number of carbonyl (C=O) groups is 1. The second kappa shape index (κ2) is 8.37. The molecule has 2 aromatic rings. The van der Waals surface area contributed by atoms with Gasteiger partial charge in [0.1, 0.15) is 5.82 Å². The van der Waals surface area contributed by atoms with E-state index < -0.39 is 21.9 Å². The van der Waals surface area contributed by atoms with Gasteiger partial charge in [-0.05, 0) is 43.2 Å². The summed E-state index contributed by atoms with van der Waals surface area (Å²) in [6.07, 6.45) is 2.27. The number of carbonyl (C=O) groups excluding carboxylic acids is 1. The molecule has 1 N–H and O–H groups in total. The fourth-order valence-electron chi connectivity index (χ4n) is 3.22. The van der Waals surface area contributed by atoms with Crippen LogP contribution in [0.2, 0.25) is 5.02 Å². The Kier molecular flexibility index (Phi) is 6.14. The molecule has 27 heavy (non-hydrogen) atoms. The topological polar surface area (TPSA) is 66.5 Å². The number of anilines is 1. The standard InChI is InChI=1S/C19H20ClFN2O3S/c20-17-12-14(9-10-18(17)21)22-19(24)13-15-6-4-5-11-23(15)27(25,26)16-7-2-1-3-8-16/h1-3,7-10,12,15H,4-6,11,13H2,(H,22,24)/t15-/m1/s1. The molecule has 0 spiro atoms. The number of hydrogen-bond acceptors (Lipinski definition) is 3. The Labute approximate surface area is 163 Å². The highest BCUT2D eigenvalue weighted by Crippen LogP contribution is 2.27. The summed E-state index contributed by atoms with van der Waals surface area (Å²) in [6.45, 7) is 0.386. The van der Waals surface area contributed by atoms with E-state index in [4.69, 9.17) is 11.6 Å². The first-order valence-corrected chi connectivity index (χ1v) is 10.5. The molecule has 1 fully saturated rings. The lowest BCUT2D eigenvalue weighted by Crippen LogP contribution is -2.45. The van der Waals surface area contributed by atoms with Crippen LogP contribution in [0.1, 0.15) is 25.7 Å². The third kappa shape index (κ3) is 4.66. The third-order valence-corrected chi connectivity index (χ3v) is 6.80. The maximum Gasteiger partial charge on any atom is 0.243 e. The lowest BCUT2D eigenvalue weighted by molar-refractivity contribution is -0.117. The molecule has 0 radical (unpaired) electrons. The molecule has 1 aliphatic heterocycles. The summed E-state index contributed by atoms with van der Waals surface area (Å²) in [5, 5.41) is 2.57. The zero-order chi connectivity index (χ0) is 19.4. The summed E-state index contributed by atoms with van der Waals surface area (Å²) in [5.41, 5.74) is 0.375. The number of piperidine rings is 1. The average molecular weight is 411 g/mol. The minimum absolute atomic E-state index is 0.0288. The Morgan fingerprint density at radius 2 is 1.93 bits per heavy atom. The van der Waals surface area contributed by atoms with Gasteiger partial charge in [0.05, 0.1) is 9.92 Å². The fraction of sp³-hybridized carbons (Fsp3) is 0.316. The molecule has 1 aliphatic rings. The summed E-state index contributed by atoms with van der Waals surface area (Å²) in [7, 11) is -3.66. The Balaban J connectivity index is 1.73. The van der Waals surface area contributed by atoms with Gasteiger partial charge < -0.3 is 5.32 Å². The first-order valence-electron chi connectivity index (χ1n) is 8.70. The van der Waals surface area contributed by atoms with Gasteiger partial charge in [0, 0.05) is 24.7 Å². The predicted octanol–water partition coefficient (Wildman–Crippen LogP) is 4.05. The van der Waals surface area contributed by atoms with Gasteiger partial charge in [-0.15, -0.1) is 0 Å². The van der Waals surface area contributed by atoms with Crippen LogP contribution in [-0.2, 0) is 14.8 Å². The molecule has 0 unspecified atom stereocenters. The molecule has 5 nitrogen and oxygen atoms in total. The molecule has 1 saturated heterocycles. The second-order valence-electron chi connectivity index (χ2n) is 6.46. The molecule has 8 heteroatoms. The smallest absolute Gasteiger partial charge is 0.243 e. The van der Waals surface area contributed by atoms with Crippen LogP contribution < -0.4 is 5.32 Å². The van der Waals surface area contributed by atoms with Gasteiger partial charge in [-0.3, -0.25) is 4.79 Å². The van der Waals surface area contributed by atoms with Crippen LogP contribution >= 0.6 is 11.6 Å². The molecule has 0 aliphatic carbocycles. The van der Waals surface area contributed by atoms with Gasteiger partial charge in [0.25, 0.3) is 0 Å². The molecule has 3 rings (SSSR count). The predicted molar refractivity (Wildman–Crippen MR) is 103 cm³/mol. The van der Waals surface area contributed by atoms with Gasteiger partial charge in [-0.2, -0.15) is 4.31 Å². The number of benzene rings is 2. The average Bonchev–Trinajstić information content (AvgIpc) is 2.66. The summed E-state index contributed by atoms with van der Waals surface area (Å²) in [4.78, 5) is 12.6. The Morgan fingerprint density at radius 1 is 1.19 bits per heavy atom. The van der Waals surface area contributed by atoms with Crippen molar-refractivity contribution in [2.45, 2.75) is 36.6 Å². The number of nitrogens with one attached hydrogen (secondary N) is 1. The SMILES string of the molecule is O=C(C[C@H]1CCCCN1S(=O)(=O)c1ccccc1)Nc1ccc(F)c(Cl)c1. The van der Waals surface area contributed by atoms with Gasteiger partial charge in [-0.1, -0.05) is 36.2 Å². The van der Waals surface area contributed by atoms with E-state index >= 15 is 0 Å². The van der Waals surface area contributed by atoms with Crippen molar-refractivity contribution in [3.63, 3.8) is 0 Å². The molecule has 0 bridgehead atoms. The molecule has 0 saturated carbocycles. The number of rotatable bonds is 5. The molecule has 2 aromatic carbocycles. The normalized spacial score (nSPS) is 18.2. The maximum atomic E-state index is 13.2. The van der Waals surface area contributed by atoms with Crippen molar-refractivity contribution in [3.8, 4) is 0 Å². The van der Waals surface area contributed by atoms with Gasteiger partial charge >= 0.3 is 0 Å². The van der Waals surface area contributed by atoms with E-state index in [1.54, 1.807) is 30.3 Å². The van der Waals surface area contributed by atoms with E-state index in [9.17, 15) is 17.6 Å². The van der Waals surface area contributed by atoms with Crippen molar-refractivity contribution in [3.05, 3.63) is 59.4 Å². The van der Waals surface area contributed by atoms with Gasteiger partial charge in [0.15, 0.2) is 0 Å². The van der Waals surface area contributed by atoms with Gasteiger partial charge in [0.2, 0.25) is 15.9 Å². The van der Waals surface area contributed by atoms with Crippen LogP contribution in [-0.4, -0.2) is 31.2 Å². The summed E-state index contributed by atoms with van der Waals surface area (Å²) in [6, 6.07) is 11.7.